The smallest absolute Gasteiger partial charge is 0.0923 e. The molecule has 0 spiro atoms. The molecule has 0 saturated carbocycles. The lowest BCUT2D eigenvalue weighted by Gasteiger charge is -2.17. The monoisotopic (exact) mass is 328 g/mol. The Hall–Kier alpha value is -0.910. The molecule has 0 fully saturated rings. The first-order valence-electron chi connectivity index (χ1n) is 5.61. The van der Waals surface area contributed by atoms with Crippen molar-refractivity contribution >= 4 is 27.5 Å². The zero-order valence-electron chi connectivity index (χ0n) is 10.1. The Morgan fingerprint density at radius 2 is 2.17 bits per heavy atom. The Balaban J connectivity index is 2.49. The molecule has 0 radical (unpaired) electrons. The second kappa shape index (κ2) is 5.38. The largest absolute Gasteiger partial charge is 0.318 e. The number of pyridine rings is 1. The quantitative estimate of drug-likeness (QED) is 0.939. The van der Waals surface area contributed by atoms with Crippen molar-refractivity contribution in [3.8, 4) is 0 Å². The summed E-state index contributed by atoms with van der Waals surface area (Å²) in [5, 5.41) is 4.82. The summed E-state index contributed by atoms with van der Waals surface area (Å²) in [4.78, 5) is 4.30. The molecule has 0 aliphatic carbocycles. The van der Waals surface area contributed by atoms with Crippen LogP contribution in [-0.4, -0.2) is 14.8 Å². The molecule has 0 amide bonds. The van der Waals surface area contributed by atoms with Crippen molar-refractivity contribution in [3.63, 3.8) is 0 Å². The summed E-state index contributed by atoms with van der Waals surface area (Å²) in [6.07, 6.45) is 3.33. The standard InChI is InChI=1S/C12H14BrClN4/c1-7(2)18-12(9(14)6-17-18)10(15)11-8(13)4-3-5-16-11/h3-7,10H,15H2,1-2H3. The topological polar surface area (TPSA) is 56.7 Å². The van der Waals surface area contributed by atoms with Gasteiger partial charge in [0, 0.05) is 16.7 Å². The molecular weight excluding hydrogens is 316 g/mol. The fraction of sp³-hybridized carbons (Fsp3) is 0.333. The third-order valence-electron chi connectivity index (χ3n) is 2.65. The van der Waals surface area contributed by atoms with E-state index in [4.69, 9.17) is 17.3 Å². The molecule has 2 aromatic rings. The highest BCUT2D eigenvalue weighted by Gasteiger charge is 2.22. The van der Waals surface area contributed by atoms with Crippen LogP contribution in [0.15, 0.2) is 29.0 Å². The van der Waals surface area contributed by atoms with Gasteiger partial charge >= 0.3 is 0 Å². The molecule has 2 heterocycles. The number of nitrogens with two attached hydrogens (primary N) is 1. The van der Waals surface area contributed by atoms with Crippen molar-refractivity contribution in [1.82, 2.24) is 14.8 Å². The molecule has 0 saturated heterocycles. The van der Waals surface area contributed by atoms with Crippen molar-refractivity contribution in [2.24, 2.45) is 5.73 Å². The van der Waals surface area contributed by atoms with Crippen LogP contribution in [0.3, 0.4) is 0 Å². The van der Waals surface area contributed by atoms with E-state index in [-0.39, 0.29) is 6.04 Å². The van der Waals surface area contributed by atoms with Crippen LogP contribution >= 0.6 is 27.5 Å². The van der Waals surface area contributed by atoms with E-state index in [1.165, 1.54) is 0 Å². The molecule has 6 heteroatoms. The minimum Gasteiger partial charge on any atom is -0.318 e. The van der Waals surface area contributed by atoms with Gasteiger partial charge in [-0.3, -0.25) is 9.67 Å². The molecule has 18 heavy (non-hydrogen) atoms. The van der Waals surface area contributed by atoms with Gasteiger partial charge in [-0.1, -0.05) is 11.6 Å². The average Bonchev–Trinajstić information content (AvgIpc) is 2.71. The van der Waals surface area contributed by atoms with Crippen LogP contribution < -0.4 is 5.73 Å². The van der Waals surface area contributed by atoms with E-state index < -0.39 is 6.04 Å². The Bertz CT molecular complexity index is 553. The lowest BCUT2D eigenvalue weighted by molar-refractivity contribution is 0.497. The third kappa shape index (κ3) is 2.43. The maximum absolute atomic E-state index is 6.26. The van der Waals surface area contributed by atoms with E-state index in [1.807, 2.05) is 30.7 Å². The lowest BCUT2D eigenvalue weighted by Crippen LogP contribution is -2.20. The maximum Gasteiger partial charge on any atom is 0.0923 e. The van der Waals surface area contributed by atoms with Gasteiger partial charge in [-0.15, -0.1) is 0 Å². The number of aromatic nitrogens is 3. The number of hydrogen-bond acceptors (Lipinski definition) is 3. The van der Waals surface area contributed by atoms with Crippen LogP contribution in [0.25, 0.3) is 0 Å². The van der Waals surface area contributed by atoms with E-state index in [0.717, 1.165) is 15.9 Å². The number of hydrogen-bond donors (Lipinski definition) is 1. The van der Waals surface area contributed by atoms with Gasteiger partial charge in [0.15, 0.2) is 0 Å². The first-order chi connectivity index (χ1) is 8.52. The predicted molar refractivity (Wildman–Crippen MR) is 75.6 cm³/mol. The van der Waals surface area contributed by atoms with Gasteiger partial charge in [0.1, 0.15) is 0 Å². The Morgan fingerprint density at radius 1 is 1.44 bits per heavy atom. The van der Waals surface area contributed by atoms with Gasteiger partial charge in [0.25, 0.3) is 0 Å². The molecule has 2 N–H and O–H groups in total. The van der Waals surface area contributed by atoms with Gasteiger partial charge in [-0.2, -0.15) is 5.10 Å². The van der Waals surface area contributed by atoms with Crippen LogP contribution in [0.2, 0.25) is 5.02 Å². The van der Waals surface area contributed by atoms with E-state index in [0.29, 0.717) is 5.02 Å². The third-order valence-corrected chi connectivity index (χ3v) is 3.61. The molecule has 0 aliphatic heterocycles. The Labute approximate surface area is 119 Å². The first-order valence-corrected chi connectivity index (χ1v) is 6.78. The molecular formula is C12H14BrClN4. The molecule has 2 aromatic heterocycles. The van der Waals surface area contributed by atoms with E-state index in [9.17, 15) is 0 Å². The van der Waals surface area contributed by atoms with Gasteiger partial charge in [-0.05, 0) is 41.9 Å². The zero-order chi connectivity index (χ0) is 13.3. The van der Waals surface area contributed by atoms with E-state index in [1.54, 1.807) is 12.4 Å². The van der Waals surface area contributed by atoms with Gasteiger partial charge < -0.3 is 5.73 Å². The highest BCUT2D eigenvalue weighted by Crippen LogP contribution is 2.30. The minimum absolute atomic E-state index is 0.195. The highest BCUT2D eigenvalue weighted by molar-refractivity contribution is 9.10. The first kappa shape index (κ1) is 13.5. The van der Waals surface area contributed by atoms with Gasteiger partial charge in [-0.25, -0.2) is 0 Å². The van der Waals surface area contributed by atoms with Crippen LogP contribution in [0.4, 0.5) is 0 Å². The summed E-state index contributed by atoms with van der Waals surface area (Å²) in [6.45, 7) is 4.07. The van der Waals surface area contributed by atoms with Crippen LogP contribution in [-0.2, 0) is 0 Å². The Morgan fingerprint density at radius 3 is 2.78 bits per heavy atom. The van der Waals surface area contributed by atoms with Crippen molar-refractivity contribution in [1.29, 1.82) is 0 Å². The van der Waals surface area contributed by atoms with Crippen molar-refractivity contribution in [2.45, 2.75) is 25.9 Å². The highest BCUT2D eigenvalue weighted by atomic mass is 79.9. The molecule has 0 aromatic carbocycles. The molecule has 96 valence electrons. The molecule has 2 rings (SSSR count). The van der Waals surface area contributed by atoms with Crippen LogP contribution in [0.1, 0.15) is 37.3 Å². The summed E-state index contributed by atoms with van der Waals surface area (Å²) < 4.78 is 2.69. The zero-order valence-corrected chi connectivity index (χ0v) is 12.5. The average molecular weight is 330 g/mol. The van der Waals surface area contributed by atoms with Crippen molar-refractivity contribution in [2.75, 3.05) is 0 Å². The second-order valence-corrected chi connectivity index (χ2v) is 5.53. The summed E-state index contributed by atoms with van der Waals surface area (Å²) in [5.74, 6) is 0. The van der Waals surface area contributed by atoms with Crippen LogP contribution in [0, 0.1) is 0 Å². The van der Waals surface area contributed by atoms with Gasteiger partial charge in [0.05, 0.1) is 28.6 Å². The lowest BCUT2D eigenvalue weighted by atomic mass is 10.1. The molecule has 0 aliphatic rings. The SMILES string of the molecule is CC(C)n1ncc(Cl)c1C(N)c1ncccc1Br. The molecule has 1 atom stereocenters. The van der Waals surface area contributed by atoms with Gasteiger partial charge in [0.2, 0.25) is 0 Å². The molecule has 4 nitrogen and oxygen atoms in total. The summed E-state index contributed by atoms with van der Waals surface area (Å²) in [6, 6.07) is 3.55. The fourth-order valence-corrected chi connectivity index (χ4v) is 2.56. The van der Waals surface area contributed by atoms with E-state index >= 15 is 0 Å². The maximum atomic E-state index is 6.26. The molecule has 1 unspecified atom stereocenters. The second-order valence-electron chi connectivity index (χ2n) is 4.26. The summed E-state index contributed by atoms with van der Waals surface area (Å²) in [5.41, 5.74) is 7.80. The Kier molecular flexibility index (Phi) is 4.04. The van der Waals surface area contributed by atoms with Crippen LogP contribution in [0.5, 0.6) is 0 Å². The van der Waals surface area contributed by atoms with Crippen molar-refractivity contribution < 1.29 is 0 Å². The minimum atomic E-state index is -0.405. The van der Waals surface area contributed by atoms with E-state index in [2.05, 4.69) is 26.0 Å². The fourth-order valence-electron chi connectivity index (χ4n) is 1.81. The number of nitrogens with zero attached hydrogens (tertiary/aromatic N) is 3. The summed E-state index contributed by atoms with van der Waals surface area (Å²) >= 11 is 9.63. The number of halogens is 2. The summed E-state index contributed by atoms with van der Waals surface area (Å²) in [7, 11) is 0. The van der Waals surface area contributed by atoms with Crippen molar-refractivity contribution in [3.05, 3.63) is 45.4 Å². The predicted octanol–water partition coefficient (Wildman–Crippen LogP) is 3.32. The number of rotatable bonds is 3. The molecule has 0 bridgehead atoms. The normalized spacial score (nSPS) is 13.0.